The molecule has 1 aliphatic rings. The van der Waals surface area contributed by atoms with Crippen molar-refractivity contribution in [3.63, 3.8) is 0 Å². The second-order valence-corrected chi connectivity index (χ2v) is 4.45. The molecule has 0 amide bonds. The maximum atomic E-state index is 13.5. The molecule has 3 heteroatoms. The van der Waals surface area contributed by atoms with Crippen molar-refractivity contribution in [3.8, 4) is 0 Å². The number of rotatable bonds is 2. The summed E-state index contributed by atoms with van der Waals surface area (Å²) in [7, 11) is 0. The number of hydrogen-bond donors (Lipinski definition) is 1. The van der Waals surface area contributed by atoms with E-state index in [1.165, 1.54) is 0 Å². The number of carboxylic acid groups (broad SMARTS) is 1. The van der Waals surface area contributed by atoms with Crippen molar-refractivity contribution in [1.82, 2.24) is 0 Å². The fourth-order valence-corrected chi connectivity index (χ4v) is 2.03. The lowest BCUT2D eigenvalue weighted by Gasteiger charge is -2.32. The van der Waals surface area contributed by atoms with Crippen molar-refractivity contribution < 1.29 is 14.3 Å². The molecule has 0 aromatic heterocycles. The predicted octanol–water partition coefficient (Wildman–Crippen LogP) is 2.63. The summed E-state index contributed by atoms with van der Waals surface area (Å²) in [6.45, 7) is 3.16. The van der Waals surface area contributed by atoms with Gasteiger partial charge in [0, 0.05) is 0 Å². The topological polar surface area (TPSA) is 37.3 Å². The molecule has 1 saturated carbocycles. The van der Waals surface area contributed by atoms with Crippen LogP contribution >= 0.6 is 0 Å². The van der Waals surface area contributed by atoms with E-state index in [-0.39, 0.29) is 11.8 Å². The van der Waals surface area contributed by atoms with Crippen molar-refractivity contribution >= 4 is 5.97 Å². The van der Waals surface area contributed by atoms with Gasteiger partial charge in [0.2, 0.25) is 0 Å². The van der Waals surface area contributed by atoms with Crippen LogP contribution in [-0.2, 0) is 4.79 Å². The molecule has 2 nitrogen and oxygen atoms in total. The summed E-state index contributed by atoms with van der Waals surface area (Å²) < 4.78 is 13.5. The van der Waals surface area contributed by atoms with Gasteiger partial charge in [-0.2, -0.15) is 0 Å². The second kappa shape index (κ2) is 3.64. The molecule has 0 atom stereocenters. The van der Waals surface area contributed by atoms with Gasteiger partial charge in [-0.15, -0.1) is 0 Å². The SMILES string of the molecule is CC(C)(F)C1CCC(C(=O)O)CC1. The van der Waals surface area contributed by atoms with Gasteiger partial charge in [0.25, 0.3) is 0 Å². The van der Waals surface area contributed by atoms with Crippen LogP contribution < -0.4 is 0 Å². The molecule has 0 unspecified atom stereocenters. The third-order valence-electron chi connectivity index (χ3n) is 3.05. The van der Waals surface area contributed by atoms with Gasteiger partial charge in [0.15, 0.2) is 0 Å². The quantitative estimate of drug-likeness (QED) is 0.723. The first-order valence-corrected chi connectivity index (χ1v) is 4.83. The van der Waals surface area contributed by atoms with E-state index in [0.717, 1.165) is 0 Å². The summed E-state index contributed by atoms with van der Waals surface area (Å²) in [6, 6.07) is 0. The molecule has 0 radical (unpaired) electrons. The Morgan fingerprint density at radius 2 is 1.77 bits per heavy atom. The van der Waals surface area contributed by atoms with Crippen molar-refractivity contribution in [2.24, 2.45) is 11.8 Å². The Kier molecular flexibility index (Phi) is 2.94. The Balaban J connectivity index is 2.44. The zero-order valence-electron chi connectivity index (χ0n) is 8.22. The molecule has 0 spiro atoms. The molecule has 1 rings (SSSR count). The first kappa shape index (κ1) is 10.5. The average Bonchev–Trinajstić information content (AvgIpc) is 2.03. The van der Waals surface area contributed by atoms with E-state index in [9.17, 15) is 9.18 Å². The van der Waals surface area contributed by atoms with E-state index in [0.29, 0.717) is 25.7 Å². The monoisotopic (exact) mass is 188 g/mol. The molecule has 0 aromatic rings. The molecule has 1 N–H and O–H groups in total. The fraction of sp³-hybridized carbons (Fsp3) is 0.900. The van der Waals surface area contributed by atoms with Crippen LogP contribution in [-0.4, -0.2) is 16.7 Å². The number of carbonyl (C=O) groups is 1. The number of aliphatic carboxylic acids is 1. The van der Waals surface area contributed by atoms with Gasteiger partial charge in [-0.05, 0) is 45.4 Å². The minimum absolute atomic E-state index is 0.0445. The molecule has 0 aromatic carbocycles. The molecular formula is C10H17FO2. The van der Waals surface area contributed by atoms with E-state index in [1.54, 1.807) is 13.8 Å². The summed E-state index contributed by atoms with van der Waals surface area (Å²) in [5.41, 5.74) is -1.15. The lowest BCUT2D eigenvalue weighted by atomic mass is 9.76. The highest BCUT2D eigenvalue weighted by Gasteiger charge is 2.34. The zero-order chi connectivity index (χ0) is 10.1. The molecule has 76 valence electrons. The summed E-state index contributed by atoms with van der Waals surface area (Å²) in [5.74, 6) is -0.920. The number of halogens is 1. The molecule has 1 fully saturated rings. The molecule has 0 aliphatic heterocycles. The number of alkyl halides is 1. The van der Waals surface area contributed by atoms with Gasteiger partial charge < -0.3 is 5.11 Å². The zero-order valence-corrected chi connectivity index (χ0v) is 8.22. The number of carboxylic acids is 1. The highest BCUT2D eigenvalue weighted by atomic mass is 19.1. The normalized spacial score (nSPS) is 30.1. The van der Waals surface area contributed by atoms with E-state index >= 15 is 0 Å². The van der Waals surface area contributed by atoms with Gasteiger partial charge in [-0.3, -0.25) is 4.79 Å². The van der Waals surface area contributed by atoms with Crippen molar-refractivity contribution in [2.45, 2.75) is 45.2 Å². The van der Waals surface area contributed by atoms with E-state index in [1.807, 2.05) is 0 Å². The fourth-order valence-electron chi connectivity index (χ4n) is 2.03. The Morgan fingerprint density at radius 1 is 1.31 bits per heavy atom. The summed E-state index contributed by atoms with van der Waals surface area (Å²) >= 11 is 0. The highest BCUT2D eigenvalue weighted by molar-refractivity contribution is 5.69. The predicted molar refractivity (Wildman–Crippen MR) is 48.3 cm³/mol. The Bertz CT molecular complexity index is 188. The van der Waals surface area contributed by atoms with Gasteiger partial charge in [-0.25, -0.2) is 4.39 Å². The van der Waals surface area contributed by atoms with Crippen molar-refractivity contribution in [3.05, 3.63) is 0 Å². The Morgan fingerprint density at radius 3 is 2.08 bits per heavy atom. The summed E-state index contributed by atoms with van der Waals surface area (Å²) in [4.78, 5) is 10.6. The minimum atomic E-state index is -1.15. The molecule has 0 bridgehead atoms. The highest BCUT2D eigenvalue weighted by Crippen LogP contribution is 2.37. The lowest BCUT2D eigenvalue weighted by Crippen LogP contribution is -2.31. The van der Waals surface area contributed by atoms with Crippen LogP contribution in [0, 0.1) is 11.8 Å². The number of hydrogen-bond acceptors (Lipinski definition) is 1. The van der Waals surface area contributed by atoms with Crippen molar-refractivity contribution in [2.75, 3.05) is 0 Å². The van der Waals surface area contributed by atoms with Crippen LogP contribution in [0.1, 0.15) is 39.5 Å². The third-order valence-corrected chi connectivity index (χ3v) is 3.05. The van der Waals surface area contributed by atoms with Gasteiger partial charge in [-0.1, -0.05) is 0 Å². The van der Waals surface area contributed by atoms with E-state index < -0.39 is 11.6 Å². The minimum Gasteiger partial charge on any atom is -0.481 e. The van der Waals surface area contributed by atoms with Crippen LogP contribution in [0.25, 0.3) is 0 Å². The lowest BCUT2D eigenvalue weighted by molar-refractivity contribution is -0.143. The van der Waals surface area contributed by atoms with Crippen LogP contribution in [0.3, 0.4) is 0 Å². The molecule has 13 heavy (non-hydrogen) atoms. The average molecular weight is 188 g/mol. The Labute approximate surface area is 78.1 Å². The van der Waals surface area contributed by atoms with E-state index in [4.69, 9.17) is 5.11 Å². The summed E-state index contributed by atoms with van der Waals surface area (Å²) in [6.07, 6.45) is 2.68. The summed E-state index contributed by atoms with van der Waals surface area (Å²) in [5, 5.41) is 8.73. The van der Waals surface area contributed by atoms with Crippen LogP contribution in [0.4, 0.5) is 4.39 Å². The first-order chi connectivity index (χ1) is 5.91. The second-order valence-electron chi connectivity index (χ2n) is 4.45. The maximum absolute atomic E-state index is 13.5. The maximum Gasteiger partial charge on any atom is 0.306 e. The molecule has 0 saturated heterocycles. The van der Waals surface area contributed by atoms with Gasteiger partial charge >= 0.3 is 5.97 Å². The van der Waals surface area contributed by atoms with E-state index in [2.05, 4.69) is 0 Å². The van der Waals surface area contributed by atoms with Crippen molar-refractivity contribution in [1.29, 1.82) is 0 Å². The van der Waals surface area contributed by atoms with Crippen LogP contribution in [0.5, 0.6) is 0 Å². The van der Waals surface area contributed by atoms with Gasteiger partial charge in [0.1, 0.15) is 5.67 Å². The third kappa shape index (κ3) is 2.68. The Hall–Kier alpha value is -0.600. The van der Waals surface area contributed by atoms with Crippen LogP contribution in [0.2, 0.25) is 0 Å². The smallest absolute Gasteiger partial charge is 0.306 e. The molecular weight excluding hydrogens is 171 g/mol. The van der Waals surface area contributed by atoms with Gasteiger partial charge in [0.05, 0.1) is 5.92 Å². The first-order valence-electron chi connectivity index (χ1n) is 4.83. The molecule has 0 heterocycles. The van der Waals surface area contributed by atoms with Crippen LogP contribution in [0.15, 0.2) is 0 Å². The standard InChI is InChI=1S/C10H17FO2/c1-10(2,11)8-5-3-7(4-6-8)9(12)13/h7-8H,3-6H2,1-2H3,(H,12,13). The molecule has 1 aliphatic carbocycles. The largest absolute Gasteiger partial charge is 0.481 e.